The Kier molecular flexibility index (Phi) is 3.80. The van der Waals surface area contributed by atoms with Gasteiger partial charge in [-0.2, -0.15) is 4.68 Å². The Hall–Kier alpha value is -3.02. The van der Waals surface area contributed by atoms with Gasteiger partial charge in [0.2, 0.25) is 0 Å². The van der Waals surface area contributed by atoms with Crippen LogP contribution in [0.1, 0.15) is 53.4 Å². The van der Waals surface area contributed by atoms with E-state index in [9.17, 15) is 4.79 Å². The van der Waals surface area contributed by atoms with E-state index < -0.39 is 0 Å². The van der Waals surface area contributed by atoms with E-state index in [2.05, 4.69) is 29.2 Å². The van der Waals surface area contributed by atoms with Crippen LogP contribution >= 0.6 is 0 Å². The predicted molar refractivity (Wildman–Crippen MR) is 93.6 cm³/mol. The molecule has 126 valence electrons. The topological polar surface area (TPSA) is 72.7 Å². The highest BCUT2D eigenvalue weighted by atomic mass is 16.2. The summed E-state index contributed by atoms with van der Waals surface area (Å²) >= 11 is 0. The molecule has 0 saturated heterocycles. The number of carbonyl (C=O) groups excluding carboxylic acids is 1. The lowest BCUT2D eigenvalue weighted by Crippen LogP contribution is -2.22. The largest absolute Gasteiger partial charge is 0.345 e. The summed E-state index contributed by atoms with van der Waals surface area (Å²) in [5.74, 6) is 2.49. The normalized spacial score (nSPS) is 16.1. The van der Waals surface area contributed by atoms with Crippen LogP contribution in [0.3, 0.4) is 0 Å². The average Bonchev–Trinajstić information content (AvgIpc) is 3.19. The van der Waals surface area contributed by atoms with E-state index in [1.54, 1.807) is 10.9 Å². The van der Waals surface area contributed by atoms with Crippen LogP contribution in [0.15, 0.2) is 48.7 Å². The van der Waals surface area contributed by atoms with E-state index in [1.807, 2.05) is 42.5 Å². The zero-order valence-corrected chi connectivity index (χ0v) is 14.2. The maximum Gasteiger partial charge on any atom is 0.252 e. The molecule has 0 aliphatic carbocycles. The van der Waals surface area contributed by atoms with Crippen molar-refractivity contribution in [2.24, 2.45) is 0 Å². The minimum Gasteiger partial charge on any atom is -0.345 e. The number of benzene rings is 1. The zero-order valence-electron chi connectivity index (χ0n) is 14.2. The molecule has 1 N–H and O–H groups in total. The molecule has 1 aromatic carbocycles. The molecule has 1 amide bonds. The second-order valence-corrected chi connectivity index (χ2v) is 6.46. The number of amides is 1. The highest BCUT2D eigenvalue weighted by Gasteiger charge is 2.30. The Morgan fingerprint density at radius 1 is 1.16 bits per heavy atom. The molecule has 1 aliphatic heterocycles. The molecule has 3 aromatic rings. The predicted octanol–water partition coefficient (Wildman–Crippen LogP) is 2.81. The lowest BCUT2D eigenvalue weighted by Gasteiger charge is -2.11. The van der Waals surface area contributed by atoms with Gasteiger partial charge in [-0.15, -0.1) is 5.10 Å². The fraction of sp³-hybridized carbons (Fsp3) is 0.263. The van der Waals surface area contributed by atoms with E-state index >= 15 is 0 Å². The molecule has 3 heterocycles. The third kappa shape index (κ3) is 2.80. The first-order valence-electron chi connectivity index (χ1n) is 8.40. The summed E-state index contributed by atoms with van der Waals surface area (Å²) in [6, 6.07) is 13.3. The van der Waals surface area contributed by atoms with Gasteiger partial charge in [-0.1, -0.05) is 38.1 Å². The molecular weight excluding hydrogens is 314 g/mol. The third-order valence-corrected chi connectivity index (χ3v) is 4.35. The van der Waals surface area contributed by atoms with E-state index in [-0.39, 0.29) is 17.9 Å². The first-order valence-corrected chi connectivity index (χ1v) is 8.40. The summed E-state index contributed by atoms with van der Waals surface area (Å²) in [7, 11) is 0. The molecule has 6 heteroatoms. The minimum atomic E-state index is -0.102. The van der Waals surface area contributed by atoms with Gasteiger partial charge in [0.15, 0.2) is 11.6 Å². The average molecular weight is 333 g/mol. The van der Waals surface area contributed by atoms with Gasteiger partial charge in [-0.05, 0) is 23.8 Å². The van der Waals surface area contributed by atoms with Crippen molar-refractivity contribution in [3.8, 4) is 5.82 Å². The molecule has 0 bridgehead atoms. The van der Waals surface area contributed by atoms with Crippen molar-refractivity contribution in [2.45, 2.75) is 32.2 Å². The van der Waals surface area contributed by atoms with Crippen LogP contribution in [0, 0.1) is 0 Å². The molecule has 2 aromatic heterocycles. The van der Waals surface area contributed by atoms with Gasteiger partial charge >= 0.3 is 0 Å². The molecule has 0 saturated carbocycles. The zero-order chi connectivity index (χ0) is 17.4. The summed E-state index contributed by atoms with van der Waals surface area (Å²) in [4.78, 5) is 21.3. The van der Waals surface area contributed by atoms with Gasteiger partial charge in [-0.3, -0.25) is 4.79 Å². The van der Waals surface area contributed by atoms with Crippen LogP contribution in [0.2, 0.25) is 0 Å². The highest BCUT2D eigenvalue weighted by Crippen LogP contribution is 2.28. The third-order valence-electron chi connectivity index (χ3n) is 4.35. The Bertz CT molecular complexity index is 917. The van der Waals surface area contributed by atoms with Gasteiger partial charge in [0.1, 0.15) is 5.82 Å². The van der Waals surface area contributed by atoms with E-state index in [0.29, 0.717) is 6.42 Å². The SMILES string of the molecule is CC(C)c1nc(C[C@@H]2NC(=O)c3ccccc32)n(-c2ccccn2)n1. The summed E-state index contributed by atoms with van der Waals surface area (Å²) < 4.78 is 1.78. The molecule has 6 nitrogen and oxygen atoms in total. The van der Waals surface area contributed by atoms with Crippen molar-refractivity contribution in [3.63, 3.8) is 0 Å². The molecule has 0 radical (unpaired) electrons. The second-order valence-electron chi connectivity index (χ2n) is 6.46. The number of fused-ring (bicyclic) bond motifs is 1. The van der Waals surface area contributed by atoms with Gasteiger partial charge in [0.05, 0.1) is 6.04 Å². The van der Waals surface area contributed by atoms with Crippen molar-refractivity contribution in [1.82, 2.24) is 25.1 Å². The van der Waals surface area contributed by atoms with Crippen molar-refractivity contribution < 1.29 is 4.79 Å². The Morgan fingerprint density at radius 2 is 1.96 bits per heavy atom. The maximum atomic E-state index is 12.2. The molecule has 4 rings (SSSR count). The Morgan fingerprint density at radius 3 is 2.72 bits per heavy atom. The number of hydrogen-bond donors (Lipinski definition) is 1. The lowest BCUT2D eigenvalue weighted by molar-refractivity contribution is 0.0956. The van der Waals surface area contributed by atoms with Crippen molar-refractivity contribution in [1.29, 1.82) is 0 Å². The fourth-order valence-corrected chi connectivity index (χ4v) is 3.07. The number of aromatic nitrogens is 4. The second kappa shape index (κ2) is 6.12. The molecule has 1 atom stereocenters. The number of rotatable bonds is 4. The van der Waals surface area contributed by atoms with Crippen LogP contribution in [-0.4, -0.2) is 25.7 Å². The number of hydrogen-bond acceptors (Lipinski definition) is 4. The number of nitrogens with zero attached hydrogens (tertiary/aromatic N) is 4. The molecular formula is C19H19N5O. The summed E-state index contributed by atoms with van der Waals surface area (Å²) in [6.45, 7) is 4.13. The molecule has 0 spiro atoms. The van der Waals surface area contributed by atoms with E-state index in [1.165, 1.54) is 0 Å². The van der Waals surface area contributed by atoms with Gasteiger partial charge in [-0.25, -0.2) is 9.97 Å². The van der Waals surface area contributed by atoms with Crippen molar-refractivity contribution >= 4 is 5.91 Å². The molecule has 1 aliphatic rings. The Balaban J connectivity index is 1.73. The summed E-state index contributed by atoms with van der Waals surface area (Å²) in [6.07, 6.45) is 2.31. The Labute approximate surface area is 145 Å². The maximum absolute atomic E-state index is 12.2. The van der Waals surface area contributed by atoms with Crippen LogP contribution in [0.25, 0.3) is 5.82 Å². The standard InChI is InChI=1S/C19H19N5O/c1-12(2)18-22-17(24(23-18)16-9-5-6-10-20-16)11-15-13-7-3-4-8-14(13)19(25)21-15/h3-10,12,15H,11H2,1-2H3,(H,21,25)/t15-/m0/s1. The number of carbonyl (C=O) groups is 1. The van der Waals surface area contributed by atoms with Crippen LogP contribution in [0.5, 0.6) is 0 Å². The summed E-state index contributed by atoms with van der Waals surface area (Å²) in [5.41, 5.74) is 1.75. The first kappa shape index (κ1) is 15.5. The van der Waals surface area contributed by atoms with E-state index in [0.717, 1.165) is 28.6 Å². The quantitative estimate of drug-likeness (QED) is 0.797. The number of nitrogens with one attached hydrogen (secondary N) is 1. The molecule has 0 fully saturated rings. The molecule has 25 heavy (non-hydrogen) atoms. The number of pyridine rings is 1. The summed E-state index contributed by atoms with van der Waals surface area (Å²) in [5, 5.41) is 7.67. The minimum absolute atomic E-state index is 0.0337. The van der Waals surface area contributed by atoms with Crippen molar-refractivity contribution in [3.05, 3.63) is 71.4 Å². The van der Waals surface area contributed by atoms with Crippen LogP contribution in [0.4, 0.5) is 0 Å². The van der Waals surface area contributed by atoms with E-state index in [4.69, 9.17) is 4.98 Å². The molecule has 0 unspecified atom stereocenters. The lowest BCUT2D eigenvalue weighted by atomic mass is 10.0. The van der Waals surface area contributed by atoms with Crippen molar-refractivity contribution in [2.75, 3.05) is 0 Å². The highest BCUT2D eigenvalue weighted by molar-refractivity contribution is 5.99. The van der Waals surface area contributed by atoms with Gasteiger partial charge in [0, 0.05) is 24.1 Å². The first-order chi connectivity index (χ1) is 12.1. The fourth-order valence-electron chi connectivity index (χ4n) is 3.07. The monoisotopic (exact) mass is 333 g/mol. The van der Waals surface area contributed by atoms with Gasteiger partial charge in [0.25, 0.3) is 5.91 Å². The van der Waals surface area contributed by atoms with Gasteiger partial charge < -0.3 is 5.32 Å². The smallest absolute Gasteiger partial charge is 0.252 e. The van der Waals surface area contributed by atoms with Crippen LogP contribution in [-0.2, 0) is 6.42 Å². The van der Waals surface area contributed by atoms with Crippen LogP contribution < -0.4 is 5.32 Å².